The smallest absolute Gasteiger partial charge is 0.303 e. The third-order valence-electron chi connectivity index (χ3n) is 3.06. The van der Waals surface area contributed by atoms with Gasteiger partial charge in [-0.3, -0.25) is 9.59 Å². The summed E-state index contributed by atoms with van der Waals surface area (Å²) in [5, 5.41) is 14.2. The van der Waals surface area contributed by atoms with Crippen LogP contribution in [0.25, 0.3) is 0 Å². The molecule has 0 saturated heterocycles. The van der Waals surface area contributed by atoms with Crippen LogP contribution in [0.2, 0.25) is 0 Å². The molecule has 0 atom stereocenters. The molecule has 0 saturated carbocycles. The monoisotopic (exact) mass is 318 g/mol. The maximum atomic E-state index is 12.2. The number of aliphatic carboxylic acids is 1. The summed E-state index contributed by atoms with van der Waals surface area (Å²) >= 11 is 1.47. The number of carbonyl (C=O) groups is 2. The standard InChI is InChI=1S/C16H18N2O3S/c1-10(2)16-18-13(9-22-16)15(21)17-12-5-3-4-11(8-12)6-7-14(19)20/h3-5,8-10H,6-7H2,1-2H3,(H,17,21)(H,19,20). The molecule has 1 aromatic heterocycles. The molecule has 0 unspecified atom stereocenters. The third-order valence-corrected chi connectivity index (χ3v) is 4.21. The third kappa shape index (κ3) is 4.39. The van der Waals surface area contributed by atoms with Crippen molar-refractivity contribution in [3.8, 4) is 0 Å². The molecule has 0 fully saturated rings. The first kappa shape index (κ1) is 16.2. The Labute approximate surface area is 133 Å². The van der Waals surface area contributed by atoms with E-state index in [4.69, 9.17) is 5.11 Å². The number of carbonyl (C=O) groups excluding carboxylic acids is 1. The van der Waals surface area contributed by atoms with Crippen molar-refractivity contribution in [3.05, 3.63) is 45.9 Å². The lowest BCUT2D eigenvalue weighted by molar-refractivity contribution is -0.136. The minimum Gasteiger partial charge on any atom is -0.481 e. The lowest BCUT2D eigenvalue weighted by atomic mass is 10.1. The highest BCUT2D eigenvalue weighted by molar-refractivity contribution is 7.09. The van der Waals surface area contributed by atoms with Gasteiger partial charge in [-0.05, 0) is 24.1 Å². The summed E-state index contributed by atoms with van der Waals surface area (Å²) in [6.45, 7) is 4.07. The summed E-state index contributed by atoms with van der Waals surface area (Å²) in [7, 11) is 0. The molecule has 22 heavy (non-hydrogen) atoms. The summed E-state index contributed by atoms with van der Waals surface area (Å²) in [6, 6.07) is 7.21. The molecule has 0 aliphatic rings. The van der Waals surface area contributed by atoms with Gasteiger partial charge in [0.05, 0.1) is 5.01 Å². The lowest BCUT2D eigenvalue weighted by Crippen LogP contribution is -2.12. The highest BCUT2D eigenvalue weighted by Gasteiger charge is 2.13. The van der Waals surface area contributed by atoms with Crippen LogP contribution in [0.1, 0.15) is 47.2 Å². The Morgan fingerprint density at radius 2 is 2.14 bits per heavy atom. The largest absolute Gasteiger partial charge is 0.481 e. The van der Waals surface area contributed by atoms with Crippen LogP contribution in [0.5, 0.6) is 0 Å². The van der Waals surface area contributed by atoms with E-state index < -0.39 is 5.97 Å². The molecule has 0 aliphatic carbocycles. The van der Waals surface area contributed by atoms with Gasteiger partial charge >= 0.3 is 5.97 Å². The van der Waals surface area contributed by atoms with Crippen molar-refractivity contribution in [1.82, 2.24) is 4.98 Å². The fraction of sp³-hybridized carbons (Fsp3) is 0.312. The molecular weight excluding hydrogens is 300 g/mol. The van der Waals surface area contributed by atoms with Crippen LogP contribution in [0.4, 0.5) is 5.69 Å². The van der Waals surface area contributed by atoms with Gasteiger partial charge in [0.25, 0.3) is 5.91 Å². The minimum atomic E-state index is -0.835. The second kappa shape index (κ2) is 7.17. The zero-order valence-electron chi connectivity index (χ0n) is 12.5. The molecular formula is C16H18N2O3S. The number of hydrogen-bond acceptors (Lipinski definition) is 4. The lowest BCUT2D eigenvalue weighted by Gasteiger charge is -2.06. The molecule has 1 amide bonds. The molecule has 1 heterocycles. The minimum absolute atomic E-state index is 0.0707. The first-order valence-electron chi connectivity index (χ1n) is 7.03. The maximum absolute atomic E-state index is 12.2. The highest BCUT2D eigenvalue weighted by atomic mass is 32.1. The quantitative estimate of drug-likeness (QED) is 0.854. The van der Waals surface area contributed by atoms with E-state index >= 15 is 0 Å². The molecule has 2 rings (SSSR count). The van der Waals surface area contributed by atoms with Gasteiger partial charge in [0, 0.05) is 23.4 Å². The molecule has 5 nitrogen and oxygen atoms in total. The number of hydrogen-bond donors (Lipinski definition) is 2. The number of rotatable bonds is 6. The van der Waals surface area contributed by atoms with Crippen molar-refractivity contribution in [2.75, 3.05) is 5.32 Å². The van der Waals surface area contributed by atoms with Gasteiger partial charge in [-0.2, -0.15) is 0 Å². The highest BCUT2D eigenvalue weighted by Crippen LogP contribution is 2.20. The number of carboxylic acid groups (broad SMARTS) is 1. The second-order valence-corrected chi connectivity index (χ2v) is 6.16. The number of carboxylic acids is 1. The molecule has 0 radical (unpaired) electrons. The van der Waals surface area contributed by atoms with E-state index in [1.54, 1.807) is 23.6 Å². The number of thiazole rings is 1. The van der Waals surface area contributed by atoms with Crippen molar-refractivity contribution in [1.29, 1.82) is 0 Å². The van der Waals surface area contributed by atoms with Crippen LogP contribution in [0, 0.1) is 0 Å². The Morgan fingerprint density at radius 3 is 2.77 bits per heavy atom. The number of aromatic nitrogens is 1. The summed E-state index contributed by atoms with van der Waals surface area (Å²) in [5.74, 6) is -0.789. The number of aryl methyl sites for hydroxylation is 1. The number of anilines is 1. The van der Waals surface area contributed by atoms with Gasteiger partial charge in [0.2, 0.25) is 0 Å². The molecule has 2 N–H and O–H groups in total. The van der Waals surface area contributed by atoms with E-state index in [1.165, 1.54) is 11.3 Å². The van der Waals surface area contributed by atoms with Gasteiger partial charge in [-0.25, -0.2) is 4.98 Å². The number of nitrogens with zero attached hydrogens (tertiary/aromatic N) is 1. The van der Waals surface area contributed by atoms with Crippen molar-refractivity contribution >= 4 is 28.9 Å². The van der Waals surface area contributed by atoms with E-state index in [-0.39, 0.29) is 12.3 Å². The van der Waals surface area contributed by atoms with Crippen LogP contribution in [0.3, 0.4) is 0 Å². The average Bonchev–Trinajstić information content (AvgIpc) is 2.95. The Kier molecular flexibility index (Phi) is 5.27. The predicted molar refractivity (Wildman–Crippen MR) is 86.6 cm³/mol. The zero-order chi connectivity index (χ0) is 16.1. The predicted octanol–water partition coefficient (Wildman–Crippen LogP) is 3.54. The molecule has 0 bridgehead atoms. The SMILES string of the molecule is CC(C)c1nc(C(=O)Nc2cccc(CCC(=O)O)c2)cs1. The van der Waals surface area contributed by atoms with E-state index in [2.05, 4.69) is 10.3 Å². The zero-order valence-corrected chi connectivity index (χ0v) is 13.3. The molecule has 0 aliphatic heterocycles. The van der Waals surface area contributed by atoms with Crippen molar-refractivity contribution in [3.63, 3.8) is 0 Å². The topological polar surface area (TPSA) is 79.3 Å². The van der Waals surface area contributed by atoms with Crippen LogP contribution >= 0.6 is 11.3 Å². The van der Waals surface area contributed by atoms with Crippen molar-refractivity contribution < 1.29 is 14.7 Å². The first-order chi connectivity index (χ1) is 10.5. The first-order valence-corrected chi connectivity index (χ1v) is 7.91. The number of nitrogens with one attached hydrogen (secondary N) is 1. The molecule has 1 aromatic carbocycles. The number of amides is 1. The molecule has 2 aromatic rings. The van der Waals surface area contributed by atoms with Gasteiger partial charge in [0.15, 0.2) is 0 Å². The van der Waals surface area contributed by atoms with Gasteiger partial charge in [-0.15, -0.1) is 11.3 Å². The van der Waals surface area contributed by atoms with E-state index in [1.807, 2.05) is 19.9 Å². The van der Waals surface area contributed by atoms with Gasteiger partial charge in [-0.1, -0.05) is 26.0 Å². The summed E-state index contributed by atoms with van der Waals surface area (Å²) in [5.41, 5.74) is 1.93. The Balaban J connectivity index is 2.04. The van der Waals surface area contributed by atoms with Crippen LogP contribution in [-0.2, 0) is 11.2 Å². The normalized spacial score (nSPS) is 10.7. The van der Waals surface area contributed by atoms with E-state index in [0.29, 0.717) is 23.7 Å². The van der Waals surface area contributed by atoms with E-state index in [9.17, 15) is 9.59 Å². The van der Waals surface area contributed by atoms with Gasteiger partial charge < -0.3 is 10.4 Å². The molecule has 0 spiro atoms. The summed E-state index contributed by atoms with van der Waals surface area (Å²) in [4.78, 5) is 27.1. The number of benzene rings is 1. The summed E-state index contributed by atoms with van der Waals surface area (Å²) in [6.07, 6.45) is 0.508. The fourth-order valence-corrected chi connectivity index (χ4v) is 2.72. The van der Waals surface area contributed by atoms with E-state index in [0.717, 1.165) is 10.6 Å². The Hall–Kier alpha value is -2.21. The molecule has 6 heteroatoms. The second-order valence-electron chi connectivity index (χ2n) is 5.27. The molecule has 116 valence electrons. The fourth-order valence-electron chi connectivity index (χ4n) is 1.91. The van der Waals surface area contributed by atoms with Crippen molar-refractivity contribution in [2.45, 2.75) is 32.6 Å². The Bertz CT molecular complexity index is 680. The van der Waals surface area contributed by atoms with Crippen molar-refractivity contribution in [2.24, 2.45) is 0 Å². The average molecular weight is 318 g/mol. The van der Waals surface area contributed by atoms with Crippen LogP contribution in [-0.4, -0.2) is 22.0 Å². The van der Waals surface area contributed by atoms with Crippen LogP contribution in [0.15, 0.2) is 29.6 Å². The van der Waals surface area contributed by atoms with Crippen LogP contribution < -0.4 is 5.32 Å². The van der Waals surface area contributed by atoms with Gasteiger partial charge in [0.1, 0.15) is 5.69 Å². The maximum Gasteiger partial charge on any atom is 0.303 e. The summed E-state index contributed by atoms with van der Waals surface area (Å²) < 4.78 is 0. The Morgan fingerprint density at radius 1 is 1.36 bits per heavy atom.